The fraction of sp³-hybridized carbons (Fsp3) is 0.704. The van der Waals surface area contributed by atoms with Crippen molar-refractivity contribution in [3.63, 3.8) is 0 Å². The van der Waals surface area contributed by atoms with Gasteiger partial charge in [0.1, 0.15) is 0 Å². The van der Waals surface area contributed by atoms with Gasteiger partial charge < -0.3 is 10.2 Å². The van der Waals surface area contributed by atoms with Crippen LogP contribution < -0.4 is 0 Å². The third-order valence-electron chi connectivity index (χ3n) is 8.70. The van der Waals surface area contributed by atoms with Gasteiger partial charge in [0.2, 0.25) is 0 Å². The summed E-state index contributed by atoms with van der Waals surface area (Å²) in [5.74, 6) is 1.85. The molecule has 160 valence electrons. The van der Waals surface area contributed by atoms with Crippen LogP contribution in [0, 0.1) is 28.6 Å². The largest absolute Gasteiger partial charge is 0.393 e. The van der Waals surface area contributed by atoms with E-state index in [1.807, 2.05) is 0 Å². The third kappa shape index (κ3) is 3.41. The molecule has 0 aromatic heterocycles. The number of rotatable bonds is 4. The van der Waals surface area contributed by atoms with E-state index in [1.54, 1.807) is 5.57 Å². The van der Waals surface area contributed by atoms with E-state index in [-0.39, 0.29) is 23.0 Å². The summed E-state index contributed by atoms with van der Waals surface area (Å²) >= 11 is 0. The zero-order chi connectivity index (χ0) is 21.0. The summed E-state index contributed by atoms with van der Waals surface area (Å²) in [6, 6.07) is 0. The summed E-state index contributed by atoms with van der Waals surface area (Å²) in [5, 5.41) is 21.5. The Bertz CT molecular complexity index is 782. The number of allylic oxidation sites excluding steroid dienone is 6. The molecule has 0 heterocycles. The molecule has 0 aromatic carbocycles. The van der Waals surface area contributed by atoms with Gasteiger partial charge in [-0.2, -0.15) is 0 Å². The number of fused-ring (bicyclic) bond motifs is 2. The van der Waals surface area contributed by atoms with Gasteiger partial charge in [0, 0.05) is 5.41 Å². The fourth-order valence-corrected chi connectivity index (χ4v) is 7.05. The van der Waals surface area contributed by atoms with Crippen molar-refractivity contribution in [1.82, 2.24) is 0 Å². The Morgan fingerprint density at radius 1 is 1.17 bits per heavy atom. The van der Waals surface area contributed by atoms with E-state index in [4.69, 9.17) is 0 Å². The van der Waals surface area contributed by atoms with Gasteiger partial charge in [0.15, 0.2) is 0 Å². The Kier molecular flexibility index (Phi) is 5.49. The highest BCUT2D eigenvalue weighted by Gasteiger charge is 2.52. The van der Waals surface area contributed by atoms with Crippen molar-refractivity contribution < 1.29 is 10.2 Å². The van der Waals surface area contributed by atoms with Crippen molar-refractivity contribution in [3.8, 4) is 0 Å². The summed E-state index contributed by atoms with van der Waals surface area (Å²) in [4.78, 5) is 0. The minimum atomic E-state index is -0.384. The van der Waals surface area contributed by atoms with Crippen LogP contribution >= 0.6 is 0 Å². The molecule has 2 fully saturated rings. The monoisotopic (exact) mass is 396 g/mol. The quantitative estimate of drug-likeness (QED) is 0.562. The number of hydrogen-bond acceptors (Lipinski definition) is 2. The molecule has 4 aliphatic carbocycles. The van der Waals surface area contributed by atoms with Crippen LogP contribution in [0.25, 0.3) is 0 Å². The average molecular weight is 397 g/mol. The van der Waals surface area contributed by atoms with Crippen molar-refractivity contribution in [2.45, 2.75) is 91.8 Å². The van der Waals surface area contributed by atoms with Gasteiger partial charge in [-0.15, -0.1) is 0 Å². The second-order valence-corrected chi connectivity index (χ2v) is 11.0. The standard InChI is InChI=1S/C27H40O2/c1-17(2)7-6-8-18(3)22-9-10-23-21-12-14-27(13-11-20(28)15-27)19(4)25(21)24(29)16-26(22,23)5/h6,8,12,14,17-18,20,22,24,28-29H,7,9-11,13,15-16H2,1-5H3/b8-6+/t18-,20+,22-,24-,26-,27+/m1/s1. The predicted octanol–water partition coefficient (Wildman–Crippen LogP) is 6.12. The van der Waals surface area contributed by atoms with E-state index in [9.17, 15) is 10.2 Å². The van der Waals surface area contributed by atoms with E-state index in [2.05, 4.69) is 58.9 Å². The molecule has 2 saturated carbocycles. The fourth-order valence-electron chi connectivity index (χ4n) is 7.05. The Morgan fingerprint density at radius 3 is 2.59 bits per heavy atom. The summed E-state index contributed by atoms with van der Waals surface area (Å²) < 4.78 is 0. The zero-order valence-electron chi connectivity index (χ0n) is 19.0. The lowest BCUT2D eigenvalue weighted by molar-refractivity contribution is 0.103. The normalized spacial score (nSPS) is 40.5. The molecule has 29 heavy (non-hydrogen) atoms. The van der Waals surface area contributed by atoms with Crippen LogP contribution in [0.5, 0.6) is 0 Å². The zero-order valence-corrected chi connectivity index (χ0v) is 19.0. The molecule has 0 radical (unpaired) electrons. The lowest BCUT2D eigenvalue weighted by Crippen LogP contribution is -2.39. The third-order valence-corrected chi connectivity index (χ3v) is 8.70. The maximum Gasteiger partial charge on any atom is 0.0804 e. The van der Waals surface area contributed by atoms with Crippen LogP contribution in [0.4, 0.5) is 0 Å². The Morgan fingerprint density at radius 2 is 1.93 bits per heavy atom. The Labute approximate surface area is 177 Å². The molecule has 0 bridgehead atoms. The molecular weight excluding hydrogens is 356 g/mol. The second kappa shape index (κ2) is 7.54. The first-order valence-corrected chi connectivity index (χ1v) is 11.9. The Balaban J connectivity index is 1.68. The van der Waals surface area contributed by atoms with Crippen molar-refractivity contribution in [3.05, 3.63) is 46.6 Å². The van der Waals surface area contributed by atoms with Gasteiger partial charge in [-0.3, -0.25) is 0 Å². The first-order chi connectivity index (χ1) is 13.7. The van der Waals surface area contributed by atoms with Crippen molar-refractivity contribution in [1.29, 1.82) is 0 Å². The minimum absolute atomic E-state index is 0.0294. The Hall–Kier alpha value is -1.12. The van der Waals surface area contributed by atoms with Crippen LogP contribution in [-0.2, 0) is 0 Å². The molecule has 0 saturated heterocycles. The summed E-state index contributed by atoms with van der Waals surface area (Å²) in [6.07, 6.45) is 15.9. The van der Waals surface area contributed by atoms with Crippen molar-refractivity contribution >= 4 is 0 Å². The van der Waals surface area contributed by atoms with E-state index in [0.717, 1.165) is 38.5 Å². The topological polar surface area (TPSA) is 40.5 Å². The lowest BCUT2D eigenvalue weighted by Gasteiger charge is -2.46. The molecule has 2 heteroatoms. The number of hydrogen-bond donors (Lipinski definition) is 2. The smallest absolute Gasteiger partial charge is 0.0804 e. The van der Waals surface area contributed by atoms with Crippen LogP contribution in [0.2, 0.25) is 0 Å². The highest BCUT2D eigenvalue weighted by atomic mass is 16.3. The first-order valence-electron chi connectivity index (χ1n) is 11.9. The van der Waals surface area contributed by atoms with Gasteiger partial charge >= 0.3 is 0 Å². The highest BCUT2D eigenvalue weighted by Crippen LogP contribution is 2.61. The molecule has 4 aliphatic rings. The molecule has 0 aliphatic heterocycles. The maximum atomic E-state index is 11.3. The summed E-state index contributed by atoms with van der Waals surface area (Å²) in [7, 11) is 0. The van der Waals surface area contributed by atoms with Crippen LogP contribution in [0.15, 0.2) is 46.6 Å². The van der Waals surface area contributed by atoms with E-state index >= 15 is 0 Å². The first kappa shape index (κ1) is 21.1. The van der Waals surface area contributed by atoms with Crippen LogP contribution in [0.1, 0.15) is 79.6 Å². The average Bonchev–Trinajstić information content (AvgIpc) is 3.18. The van der Waals surface area contributed by atoms with Gasteiger partial charge in [-0.25, -0.2) is 0 Å². The second-order valence-electron chi connectivity index (χ2n) is 11.0. The van der Waals surface area contributed by atoms with Crippen molar-refractivity contribution in [2.24, 2.45) is 28.6 Å². The number of aliphatic hydroxyl groups is 2. The van der Waals surface area contributed by atoms with Gasteiger partial charge in [-0.1, -0.05) is 63.1 Å². The lowest BCUT2D eigenvalue weighted by atomic mass is 9.60. The maximum absolute atomic E-state index is 11.3. The summed E-state index contributed by atoms with van der Waals surface area (Å²) in [5.41, 5.74) is 5.48. The SMILES string of the molecule is CC1=C2C(=C3CC[C@H]([C@H](C)/C=C/CC(C)C)[C@@]3(C)C[C@H]2O)C=C[C@]12CC[C@H](O)C2. The van der Waals surface area contributed by atoms with Gasteiger partial charge in [-0.05, 0) is 86.2 Å². The molecule has 0 amide bonds. The minimum Gasteiger partial charge on any atom is -0.393 e. The molecule has 6 atom stereocenters. The van der Waals surface area contributed by atoms with E-state index in [0.29, 0.717) is 17.8 Å². The predicted molar refractivity (Wildman–Crippen MR) is 120 cm³/mol. The van der Waals surface area contributed by atoms with Crippen LogP contribution in [0.3, 0.4) is 0 Å². The molecule has 2 N–H and O–H groups in total. The molecule has 1 spiro atoms. The van der Waals surface area contributed by atoms with Gasteiger partial charge in [0.25, 0.3) is 0 Å². The van der Waals surface area contributed by atoms with E-state index in [1.165, 1.54) is 23.1 Å². The molecule has 4 rings (SSSR count). The van der Waals surface area contributed by atoms with Crippen LogP contribution in [-0.4, -0.2) is 22.4 Å². The van der Waals surface area contributed by atoms with Gasteiger partial charge in [0.05, 0.1) is 12.2 Å². The van der Waals surface area contributed by atoms with E-state index < -0.39 is 0 Å². The molecular formula is C27H40O2. The molecule has 2 nitrogen and oxygen atoms in total. The summed E-state index contributed by atoms with van der Waals surface area (Å²) in [6.45, 7) is 11.5. The number of aliphatic hydroxyl groups excluding tert-OH is 2. The molecule has 0 aromatic rings. The highest BCUT2D eigenvalue weighted by molar-refractivity contribution is 5.58. The van der Waals surface area contributed by atoms with Crippen molar-refractivity contribution in [2.75, 3.05) is 0 Å². The molecule has 0 unspecified atom stereocenters.